The first-order valence-corrected chi connectivity index (χ1v) is 11.6. The highest BCUT2D eigenvalue weighted by atomic mass is 32.2. The molecule has 0 saturated carbocycles. The van der Waals surface area contributed by atoms with Gasteiger partial charge in [0.25, 0.3) is 5.56 Å². The number of thioether (sulfide) groups is 1. The second kappa shape index (κ2) is 7.18. The molecule has 0 saturated heterocycles. The molecule has 0 aliphatic carbocycles. The molecule has 0 amide bonds. The minimum atomic E-state index is -0.939. The Hall–Kier alpha value is -2.69. The van der Waals surface area contributed by atoms with Crippen molar-refractivity contribution >= 4 is 45.1 Å². The van der Waals surface area contributed by atoms with Gasteiger partial charge in [-0.3, -0.25) is 9.59 Å². The maximum Gasteiger partial charge on any atom is 0.313 e. The molecule has 0 atom stereocenters. The topological polar surface area (TPSA) is 98.7 Å². The maximum atomic E-state index is 13.8. The fourth-order valence-electron chi connectivity index (χ4n) is 3.85. The average Bonchev–Trinajstić information content (AvgIpc) is 3.28. The fourth-order valence-corrected chi connectivity index (χ4v) is 5.78. The van der Waals surface area contributed by atoms with Gasteiger partial charge in [0.1, 0.15) is 4.83 Å². The molecular weight excluding hydrogens is 436 g/mol. The molecule has 0 radical (unpaired) electrons. The number of aliphatic carboxylic acids is 1. The van der Waals surface area contributed by atoms with Crippen molar-refractivity contribution in [3.05, 3.63) is 50.6 Å². The lowest BCUT2D eigenvalue weighted by Gasteiger charge is -2.29. The zero-order chi connectivity index (χ0) is 21.9. The number of nitrogens with zero attached hydrogens (tertiary/aromatic N) is 4. The van der Waals surface area contributed by atoms with Gasteiger partial charge in [-0.05, 0) is 38.5 Å². The second-order valence-electron chi connectivity index (χ2n) is 8.19. The van der Waals surface area contributed by atoms with Crippen LogP contribution >= 0.6 is 23.1 Å². The van der Waals surface area contributed by atoms with Crippen LogP contribution in [0.15, 0.2) is 34.2 Å². The van der Waals surface area contributed by atoms with Crippen LogP contribution < -0.4 is 5.56 Å². The zero-order valence-corrected chi connectivity index (χ0v) is 18.8. The predicted molar refractivity (Wildman–Crippen MR) is 120 cm³/mol. The molecule has 4 aromatic rings. The fraction of sp³-hybridized carbons (Fsp3) is 0.333. The molecule has 0 spiro atoms. The Morgan fingerprint density at radius 1 is 1.29 bits per heavy atom. The quantitative estimate of drug-likeness (QED) is 0.470. The smallest absolute Gasteiger partial charge is 0.313 e. The number of ether oxygens (including phenoxy) is 1. The standard InChI is InChI=1S/C21H20N4O4S2/c1-11-4-6-12(7-5-11)24-17(28)16-13-8-21(2,3)29-9-14(13)31-18(16)25-19(24)22-23-20(25)30-10-15(26)27/h4-7H,8-10H2,1-3H3,(H,26,27). The Balaban J connectivity index is 1.87. The molecule has 1 aliphatic heterocycles. The van der Waals surface area contributed by atoms with Crippen molar-refractivity contribution in [3.8, 4) is 5.69 Å². The SMILES string of the molecule is Cc1ccc(-n2c(=O)c3c4c(sc3n3c(SCC(=O)O)nnc23)COC(C)(C)C4)cc1. The molecule has 1 aliphatic rings. The van der Waals surface area contributed by atoms with Gasteiger partial charge in [0.2, 0.25) is 5.78 Å². The Labute approximate surface area is 185 Å². The summed E-state index contributed by atoms with van der Waals surface area (Å²) in [6.45, 7) is 6.46. The number of fused-ring (bicyclic) bond motifs is 5. The van der Waals surface area contributed by atoms with E-state index in [1.807, 2.05) is 45.0 Å². The van der Waals surface area contributed by atoms with Crippen LogP contribution in [0.3, 0.4) is 0 Å². The third-order valence-electron chi connectivity index (χ3n) is 5.32. The molecule has 4 heterocycles. The molecular formula is C21H20N4O4S2. The number of carboxylic acid groups (broad SMARTS) is 1. The number of hydrogen-bond acceptors (Lipinski definition) is 7. The van der Waals surface area contributed by atoms with Crippen molar-refractivity contribution in [1.82, 2.24) is 19.2 Å². The van der Waals surface area contributed by atoms with Crippen molar-refractivity contribution < 1.29 is 14.6 Å². The van der Waals surface area contributed by atoms with Crippen LogP contribution in [-0.4, -0.2) is 41.6 Å². The van der Waals surface area contributed by atoms with Crippen molar-refractivity contribution in [2.75, 3.05) is 5.75 Å². The van der Waals surface area contributed by atoms with Gasteiger partial charge < -0.3 is 9.84 Å². The van der Waals surface area contributed by atoms with E-state index in [-0.39, 0.29) is 16.9 Å². The normalized spacial score (nSPS) is 15.5. The number of hydrogen-bond donors (Lipinski definition) is 1. The van der Waals surface area contributed by atoms with E-state index in [0.29, 0.717) is 35.0 Å². The lowest BCUT2D eigenvalue weighted by molar-refractivity contribution is -0.133. The molecule has 160 valence electrons. The van der Waals surface area contributed by atoms with Crippen LogP contribution in [0.4, 0.5) is 0 Å². The van der Waals surface area contributed by atoms with E-state index in [0.717, 1.165) is 32.6 Å². The van der Waals surface area contributed by atoms with Crippen LogP contribution in [-0.2, 0) is 22.6 Å². The molecule has 10 heteroatoms. The lowest BCUT2D eigenvalue weighted by Crippen LogP contribution is -2.32. The van der Waals surface area contributed by atoms with Crippen molar-refractivity contribution in [2.45, 2.75) is 44.6 Å². The first-order chi connectivity index (χ1) is 14.7. The van der Waals surface area contributed by atoms with Crippen LogP contribution in [0.1, 0.15) is 29.9 Å². The summed E-state index contributed by atoms with van der Waals surface area (Å²) < 4.78 is 9.34. The van der Waals surface area contributed by atoms with Gasteiger partial charge in [-0.2, -0.15) is 0 Å². The minimum absolute atomic E-state index is 0.146. The Morgan fingerprint density at radius 3 is 2.74 bits per heavy atom. The second-order valence-corrected chi connectivity index (χ2v) is 10.2. The third-order valence-corrected chi connectivity index (χ3v) is 7.43. The summed E-state index contributed by atoms with van der Waals surface area (Å²) in [6, 6.07) is 7.65. The number of carboxylic acids is 1. The first kappa shape index (κ1) is 20.2. The zero-order valence-electron chi connectivity index (χ0n) is 17.2. The highest BCUT2D eigenvalue weighted by Gasteiger charge is 2.32. The van der Waals surface area contributed by atoms with Gasteiger partial charge in [0.15, 0.2) is 5.16 Å². The summed E-state index contributed by atoms with van der Waals surface area (Å²) in [5.41, 5.74) is 2.25. The maximum absolute atomic E-state index is 13.8. The van der Waals surface area contributed by atoms with Gasteiger partial charge in [-0.1, -0.05) is 29.5 Å². The summed E-state index contributed by atoms with van der Waals surface area (Å²) in [5, 5.41) is 18.7. The predicted octanol–water partition coefficient (Wildman–Crippen LogP) is 3.43. The van der Waals surface area contributed by atoms with Crippen molar-refractivity contribution in [2.24, 2.45) is 0 Å². The lowest BCUT2D eigenvalue weighted by atomic mass is 9.94. The Morgan fingerprint density at radius 2 is 2.03 bits per heavy atom. The van der Waals surface area contributed by atoms with Crippen molar-refractivity contribution in [1.29, 1.82) is 0 Å². The first-order valence-electron chi connectivity index (χ1n) is 9.75. The molecule has 1 N–H and O–H groups in total. The number of rotatable bonds is 4. The molecule has 0 fully saturated rings. The Bertz CT molecular complexity index is 1400. The van der Waals surface area contributed by atoms with E-state index in [9.17, 15) is 9.59 Å². The van der Waals surface area contributed by atoms with Gasteiger partial charge in [-0.15, -0.1) is 21.5 Å². The highest BCUT2D eigenvalue weighted by molar-refractivity contribution is 7.99. The molecule has 5 rings (SSSR count). The van der Waals surface area contributed by atoms with E-state index < -0.39 is 5.97 Å². The molecule has 3 aromatic heterocycles. The van der Waals surface area contributed by atoms with E-state index in [2.05, 4.69) is 10.2 Å². The summed E-state index contributed by atoms with van der Waals surface area (Å²) in [6.07, 6.45) is 0.622. The summed E-state index contributed by atoms with van der Waals surface area (Å²) in [7, 11) is 0. The van der Waals surface area contributed by atoms with Crippen LogP contribution in [0.2, 0.25) is 0 Å². The number of aryl methyl sites for hydroxylation is 1. The molecule has 0 unspecified atom stereocenters. The summed E-state index contributed by atoms with van der Waals surface area (Å²) in [5.74, 6) is -0.716. The van der Waals surface area contributed by atoms with Crippen LogP contribution in [0.25, 0.3) is 21.7 Å². The van der Waals surface area contributed by atoms with Crippen molar-refractivity contribution in [3.63, 3.8) is 0 Å². The van der Waals surface area contributed by atoms with Gasteiger partial charge in [0.05, 0.1) is 29.0 Å². The minimum Gasteiger partial charge on any atom is -0.481 e. The number of thiophene rings is 1. The van der Waals surface area contributed by atoms with E-state index in [4.69, 9.17) is 9.84 Å². The van der Waals surface area contributed by atoms with Gasteiger partial charge in [-0.25, -0.2) is 8.97 Å². The summed E-state index contributed by atoms with van der Waals surface area (Å²) >= 11 is 2.57. The monoisotopic (exact) mass is 456 g/mol. The highest BCUT2D eigenvalue weighted by Crippen LogP contribution is 2.39. The average molecular weight is 457 g/mol. The molecule has 0 bridgehead atoms. The Kier molecular flexibility index (Phi) is 4.68. The number of benzene rings is 1. The van der Waals surface area contributed by atoms with Crippen LogP contribution in [0.5, 0.6) is 0 Å². The third kappa shape index (κ3) is 3.35. The van der Waals surface area contributed by atoms with E-state index in [1.54, 1.807) is 8.97 Å². The van der Waals surface area contributed by atoms with Crippen LogP contribution in [0, 0.1) is 6.92 Å². The molecule has 31 heavy (non-hydrogen) atoms. The molecule has 1 aromatic carbocycles. The molecule has 8 nitrogen and oxygen atoms in total. The van der Waals surface area contributed by atoms with E-state index in [1.165, 1.54) is 11.3 Å². The van der Waals surface area contributed by atoms with Gasteiger partial charge >= 0.3 is 5.97 Å². The van der Waals surface area contributed by atoms with E-state index >= 15 is 0 Å². The van der Waals surface area contributed by atoms with Gasteiger partial charge in [0, 0.05) is 11.3 Å². The summed E-state index contributed by atoms with van der Waals surface area (Å²) in [4.78, 5) is 26.7. The number of carbonyl (C=O) groups is 1. The number of aromatic nitrogens is 4. The largest absolute Gasteiger partial charge is 0.481 e.